The molecular formula is C19H29N3O3. The van der Waals surface area contributed by atoms with Crippen LogP contribution in [0.1, 0.15) is 37.6 Å². The molecule has 0 saturated carbocycles. The highest BCUT2D eigenvalue weighted by atomic mass is 16.5. The average molecular weight is 347 g/mol. The van der Waals surface area contributed by atoms with E-state index in [9.17, 15) is 9.59 Å². The second kappa shape index (κ2) is 9.42. The Morgan fingerprint density at radius 1 is 1.20 bits per heavy atom. The lowest BCUT2D eigenvalue weighted by Crippen LogP contribution is -2.42. The molecule has 1 aromatic rings. The predicted molar refractivity (Wildman–Crippen MR) is 98.9 cm³/mol. The van der Waals surface area contributed by atoms with Crippen molar-refractivity contribution in [2.24, 2.45) is 0 Å². The lowest BCUT2D eigenvalue weighted by atomic mass is 10.1. The van der Waals surface area contributed by atoms with Crippen molar-refractivity contribution >= 4 is 17.5 Å². The summed E-state index contributed by atoms with van der Waals surface area (Å²) >= 11 is 0. The number of nitrogens with one attached hydrogen (secondary N) is 1. The van der Waals surface area contributed by atoms with E-state index in [0.29, 0.717) is 50.9 Å². The van der Waals surface area contributed by atoms with Crippen LogP contribution < -0.4 is 10.2 Å². The SMILES string of the molecule is CCN(c1ccc(C(=O)NCCC(=O)N2CCOCC2)cc1)C(C)C. The van der Waals surface area contributed by atoms with E-state index in [-0.39, 0.29) is 11.8 Å². The first kappa shape index (κ1) is 19.2. The minimum atomic E-state index is -0.145. The smallest absolute Gasteiger partial charge is 0.251 e. The summed E-state index contributed by atoms with van der Waals surface area (Å²) in [7, 11) is 0. The number of ether oxygens (including phenoxy) is 1. The van der Waals surface area contributed by atoms with Gasteiger partial charge in [0.1, 0.15) is 0 Å². The molecule has 1 N–H and O–H groups in total. The van der Waals surface area contributed by atoms with Gasteiger partial charge in [-0.25, -0.2) is 0 Å². The molecule has 1 heterocycles. The van der Waals surface area contributed by atoms with Crippen molar-refractivity contribution in [1.82, 2.24) is 10.2 Å². The fourth-order valence-corrected chi connectivity index (χ4v) is 3.01. The number of amides is 2. The average Bonchev–Trinajstić information content (AvgIpc) is 2.63. The number of nitrogens with zero attached hydrogens (tertiary/aromatic N) is 2. The molecule has 1 fully saturated rings. The Morgan fingerprint density at radius 3 is 2.40 bits per heavy atom. The lowest BCUT2D eigenvalue weighted by Gasteiger charge is -2.27. The van der Waals surface area contributed by atoms with Crippen LogP contribution >= 0.6 is 0 Å². The number of carbonyl (C=O) groups is 2. The van der Waals surface area contributed by atoms with Gasteiger partial charge in [-0.2, -0.15) is 0 Å². The normalized spacial score (nSPS) is 14.5. The molecule has 0 spiro atoms. The standard InChI is InChI=1S/C19H29N3O3/c1-4-22(15(2)3)17-7-5-16(6-8-17)19(24)20-10-9-18(23)21-11-13-25-14-12-21/h5-8,15H,4,9-14H2,1-3H3,(H,20,24). The number of hydrogen-bond acceptors (Lipinski definition) is 4. The van der Waals surface area contributed by atoms with Gasteiger partial charge in [-0.1, -0.05) is 0 Å². The zero-order valence-electron chi connectivity index (χ0n) is 15.5. The first-order valence-electron chi connectivity index (χ1n) is 9.03. The summed E-state index contributed by atoms with van der Waals surface area (Å²) in [5, 5.41) is 2.82. The molecule has 0 unspecified atom stereocenters. The maximum atomic E-state index is 12.2. The van der Waals surface area contributed by atoms with Crippen molar-refractivity contribution in [1.29, 1.82) is 0 Å². The topological polar surface area (TPSA) is 61.9 Å². The number of morpholine rings is 1. The van der Waals surface area contributed by atoms with Crippen molar-refractivity contribution in [2.75, 3.05) is 44.3 Å². The van der Waals surface area contributed by atoms with Crippen LogP contribution in [0.3, 0.4) is 0 Å². The van der Waals surface area contributed by atoms with Crippen LogP contribution in [0, 0.1) is 0 Å². The minimum absolute atomic E-state index is 0.0643. The van der Waals surface area contributed by atoms with Gasteiger partial charge in [0.05, 0.1) is 13.2 Å². The van der Waals surface area contributed by atoms with E-state index < -0.39 is 0 Å². The van der Waals surface area contributed by atoms with Crippen LogP contribution in [-0.2, 0) is 9.53 Å². The van der Waals surface area contributed by atoms with Crippen LogP contribution in [0.2, 0.25) is 0 Å². The van der Waals surface area contributed by atoms with Gasteiger partial charge in [-0.15, -0.1) is 0 Å². The monoisotopic (exact) mass is 347 g/mol. The van der Waals surface area contributed by atoms with E-state index in [4.69, 9.17) is 4.74 Å². The molecule has 25 heavy (non-hydrogen) atoms. The maximum Gasteiger partial charge on any atom is 0.251 e. The Morgan fingerprint density at radius 2 is 1.84 bits per heavy atom. The molecule has 6 nitrogen and oxygen atoms in total. The highest BCUT2D eigenvalue weighted by Crippen LogP contribution is 2.17. The Kier molecular flexibility index (Phi) is 7.25. The molecule has 138 valence electrons. The molecule has 2 rings (SSSR count). The van der Waals surface area contributed by atoms with Gasteiger partial charge < -0.3 is 19.9 Å². The van der Waals surface area contributed by atoms with Crippen LogP contribution in [0.15, 0.2) is 24.3 Å². The summed E-state index contributed by atoms with van der Waals surface area (Å²) in [4.78, 5) is 28.3. The molecule has 1 aromatic carbocycles. The summed E-state index contributed by atoms with van der Waals surface area (Å²) in [6.45, 7) is 10.1. The minimum Gasteiger partial charge on any atom is -0.378 e. The quantitative estimate of drug-likeness (QED) is 0.818. The van der Waals surface area contributed by atoms with Gasteiger partial charge in [-0.3, -0.25) is 9.59 Å². The van der Waals surface area contributed by atoms with E-state index >= 15 is 0 Å². The molecule has 1 aliphatic heterocycles. The fourth-order valence-electron chi connectivity index (χ4n) is 3.01. The van der Waals surface area contributed by atoms with E-state index in [1.54, 1.807) is 4.90 Å². The molecule has 1 saturated heterocycles. The molecule has 2 amide bonds. The number of benzene rings is 1. The zero-order valence-corrected chi connectivity index (χ0v) is 15.5. The van der Waals surface area contributed by atoms with Gasteiger partial charge in [0.15, 0.2) is 0 Å². The second-order valence-electron chi connectivity index (χ2n) is 6.43. The molecular weight excluding hydrogens is 318 g/mol. The zero-order chi connectivity index (χ0) is 18.2. The number of carbonyl (C=O) groups excluding carboxylic acids is 2. The summed E-state index contributed by atoms with van der Waals surface area (Å²) < 4.78 is 5.23. The number of hydrogen-bond donors (Lipinski definition) is 1. The predicted octanol–water partition coefficient (Wildman–Crippen LogP) is 1.90. The third kappa shape index (κ3) is 5.46. The Labute approximate surface area is 150 Å². The molecule has 6 heteroatoms. The van der Waals surface area contributed by atoms with Crippen LogP contribution in [0.5, 0.6) is 0 Å². The Hall–Kier alpha value is -2.08. The van der Waals surface area contributed by atoms with Crippen molar-refractivity contribution < 1.29 is 14.3 Å². The Balaban J connectivity index is 1.81. The summed E-state index contributed by atoms with van der Waals surface area (Å²) in [5.41, 5.74) is 1.72. The van der Waals surface area contributed by atoms with E-state index in [1.165, 1.54) is 0 Å². The first-order chi connectivity index (χ1) is 12.0. The summed E-state index contributed by atoms with van der Waals surface area (Å²) in [6, 6.07) is 8.02. The molecule has 0 aliphatic carbocycles. The van der Waals surface area contributed by atoms with E-state index in [2.05, 4.69) is 31.0 Å². The summed E-state index contributed by atoms with van der Waals surface area (Å²) in [5.74, 6) is -0.0802. The molecule has 1 aliphatic rings. The lowest BCUT2D eigenvalue weighted by molar-refractivity contribution is -0.135. The maximum absolute atomic E-state index is 12.2. The largest absolute Gasteiger partial charge is 0.378 e. The molecule has 0 bridgehead atoms. The van der Waals surface area contributed by atoms with Gasteiger partial charge in [0.25, 0.3) is 5.91 Å². The summed E-state index contributed by atoms with van der Waals surface area (Å²) in [6.07, 6.45) is 0.320. The number of rotatable bonds is 7. The molecule has 0 aromatic heterocycles. The second-order valence-corrected chi connectivity index (χ2v) is 6.43. The van der Waals surface area contributed by atoms with Crippen molar-refractivity contribution in [3.8, 4) is 0 Å². The van der Waals surface area contributed by atoms with Crippen molar-refractivity contribution in [3.05, 3.63) is 29.8 Å². The van der Waals surface area contributed by atoms with E-state index in [0.717, 1.165) is 12.2 Å². The fraction of sp³-hybridized carbons (Fsp3) is 0.579. The molecule has 0 atom stereocenters. The van der Waals surface area contributed by atoms with Gasteiger partial charge in [0.2, 0.25) is 5.91 Å². The third-order valence-electron chi connectivity index (χ3n) is 4.41. The highest BCUT2D eigenvalue weighted by Gasteiger charge is 2.16. The van der Waals surface area contributed by atoms with Crippen molar-refractivity contribution in [2.45, 2.75) is 33.2 Å². The Bertz CT molecular complexity index is 566. The van der Waals surface area contributed by atoms with Crippen molar-refractivity contribution in [3.63, 3.8) is 0 Å². The van der Waals surface area contributed by atoms with Gasteiger partial charge in [0, 0.05) is 49.9 Å². The first-order valence-corrected chi connectivity index (χ1v) is 9.03. The third-order valence-corrected chi connectivity index (χ3v) is 4.41. The number of anilines is 1. The van der Waals surface area contributed by atoms with Crippen LogP contribution in [0.4, 0.5) is 5.69 Å². The van der Waals surface area contributed by atoms with E-state index in [1.807, 2.05) is 24.3 Å². The van der Waals surface area contributed by atoms with Crippen LogP contribution in [0.25, 0.3) is 0 Å². The molecule has 0 radical (unpaired) electrons. The van der Waals surface area contributed by atoms with Crippen LogP contribution in [-0.4, -0.2) is 62.1 Å². The highest BCUT2D eigenvalue weighted by molar-refractivity contribution is 5.94. The van der Waals surface area contributed by atoms with Gasteiger partial charge >= 0.3 is 0 Å². The van der Waals surface area contributed by atoms with Gasteiger partial charge in [-0.05, 0) is 45.0 Å².